The maximum Gasteiger partial charge on any atom is 0.135 e. The van der Waals surface area contributed by atoms with E-state index in [1.54, 1.807) is 6.26 Å². The third-order valence-electron chi connectivity index (χ3n) is 3.25. The molecule has 0 saturated carbocycles. The summed E-state index contributed by atoms with van der Waals surface area (Å²) in [5, 5.41) is 6.73. The largest absolute Gasteiger partial charge is 0.370 e. The minimum Gasteiger partial charge on any atom is -0.370 e. The lowest BCUT2D eigenvalue weighted by Gasteiger charge is -2.19. The normalized spacial score (nSPS) is 14.0. The molecule has 0 aliphatic carbocycles. The highest BCUT2D eigenvalue weighted by molar-refractivity contribution is 7.84. The van der Waals surface area contributed by atoms with Crippen LogP contribution in [0.1, 0.15) is 51.4 Å². The zero-order valence-electron chi connectivity index (χ0n) is 14.0. The van der Waals surface area contributed by atoms with Gasteiger partial charge in [-0.05, 0) is 27.2 Å². The molecule has 2 N–H and O–H groups in total. The summed E-state index contributed by atoms with van der Waals surface area (Å²) in [7, 11) is -0.754. The summed E-state index contributed by atoms with van der Waals surface area (Å²) in [5.41, 5.74) is 1.03. The molecule has 1 aromatic rings. The zero-order valence-corrected chi connectivity index (χ0v) is 14.8. The quantitative estimate of drug-likeness (QED) is 0.772. The van der Waals surface area contributed by atoms with Gasteiger partial charge in [0.1, 0.15) is 17.5 Å². The summed E-state index contributed by atoms with van der Waals surface area (Å²) < 4.78 is 11.2. The number of rotatable bonds is 8. The molecule has 0 aliphatic heterocycles. The standard InChI is InChI=1S/C15H28N4OS/c1-7-16-14-12(5)15(19-13(18-14)10(2)3)17-11(4)8-9-21(6)20/h10-11H,7-9H2,1-6H3,(H2,16,17,18,19). The van der Waals surface area contributed by atoms with E-state index in [1.165, 1.54) is 0 Å². The van der Waals surface area contributed by atoms with Gasteiger partial charge in [-0.3, -0.25) is 4.21 Å². The fourth-order valence-electron chi connectivity index (χ4n) is 1.92. The molecule has 21 heavy (non-hydrogen) atoms. The van der Waals surface area contributed by atoms with Crippen LogP contribution in [0, 0.1) is 6.92 Å². The van der Waals surface area contributed by atoms with Crippen molar-refractivity contribution in [2.45, 2.75) is 53.0 Å². The molecule has 1 heterocycles. The number of hydrogen-bond acceptors (Lipinski definition) is 5. The highest BCUT2D eigenvalue weighted by Crippen LogP contribution is 2.23. The second-order valence-electron chi connectivity index (χ2n) is 5.70. The van der Waals surface area contributed by atoms with Crippen molar-refractivity contribution in [3.8, 4) is 0 Å². The van der Waals surface area contributed by atoms with Gasteiger partial charge in [-0.2, -0.15) is 0 Å². The van der Waals surface area contributed by atoms with Crippen LogP contribution in [0.5, 0.6) is 0 Å². The maximum absolute atomic E-state index is 11.2. The Bertz CT molecular complexity index is 491. The number of anilines is 2. The Morgan fingerprint density at radius 2 is 1.81 bits per heavy atom. The number of aromatic nitrogens is 2. The second-order valence-corrected chi connectivity index (χ2v) is 7.26. The Balaban J connectivity index is 2.95. The molecule has 0 amide bonds. The monoisotopic (exact) mass is 312 g/mol. The van der Waals surface area contributed by atoms with Crippen LogP contribution in [0.4, 0.5) is 11.6 Å². The van der Waals surface area contributed by atoms with Gasteiger partial charge in [0.05, 0.1) is 0 Å². The average Bonchev–Trinajstić information content (AvgIpc) is 2.40. The minimum absolute atomic E-state index is 0.233. The second kappa shape index (κ2) is 8.32. The molecule has 0 spiro atoms. The van der Waals surface area contributed by atoms with E-state index in [1.807, 2.05) is 6.92 Å². The lowest BCUT2D eigenvalue weighted by molar-refractivity contribution is 0.677. The van der Waals surface area contributed by atoms with Crippen LogP contribution in [0.3, 0.4) is 0 Å². The van der Waals surface area contributed by atoms with Gasteiger partial charge in [0.2, 0.25) is 0 Å². The van der Waals surface area contributed by atoms with Gasteiger partial charge >= 0.3 is 0 Å². The molecule has 1 aromatic heterocycles. The molecule has 0 saturated heterocycles. The zero-order chi connectivity index (χ0) is 16.0. The molecule has 2 unspecified atom stereocenters. The van der Waals surface area contributed by atoms with Crippen LogP contribution >= 0.6 is 0 Å². The summed E-state index contributed by atoms with van der Waals surface area (Å²) in [4.78, 5) is 9.24. The Hall–Kier alpha value is -1.17. The van der Waals surface area contributed by atoms with Gasteiger partial charge in [-0.25, -0.2) is 9.97 Å². The van der Waals surface area contributed by atoms with Crippen LogP contribution in [-0.4, -0.2) is 38.8 Å². The van der Waals surface area contributed by atoms with Crippen molar-refractivity contribution in [1.82, 2.24) is 9.97 Å². The molecule has 120 valence electrons. The van der Waals surface area contributed by atoms with Crippen molar-refractivity contribution in [1.29, 1.82) is 0 Å². The summed E-state index contributed by atoms with van der Waals surface area (Å²) in [5.74, 6) is 3.59. The SMILES string of the molecule is CCNc1nc(C(C)C)nc(NC(C)CCS(C)=O)c1C. The molecular formula is C15H28N4OS. The molecule has 0 bridgehead atoms. The molecule has 0 aromatic carbocycles. The van der Waals surface area contributed by atoms with Crippen molar-refractivity contribution in [3.05, 3.63) is 11.4 Å². The minimum atomic E-state index is -0.754. The van der Waals surface area contributed by atoms with Crippen molar-refractivity contribution in [2.24, 2.45) is 0 Å². The number of nitrogens with zero attached hydrogens (tertiary/aromatic N) is 2. The predicted octanol–water partition coefficient (Wildman–Crippen LogP) is 2.91. The molecule has 5 nitrogen and oxygen atoms in total. The molecule has 0 aliphatic rings. The first-order chi connectivity index (χ1) is 9.85. The molecular weight excluding hydrogens is 284 g/mol. The van der Waals surface area contributed by atoms with Crippen molar-refractivity contribution >= 4 is 22.4 Å². The summed E-state index contributed by atoms with van der Waals surface area (Å²) >= 11 is 0. The highest BCUT2D eigenvalue weighted by Gasteiger charge is 2.14. The topological polar surface area (TPSA) is 66.9 Å². The lowest BCUT2D eigenvalue weighted by atomic mass is 10.2. The maximum atomic E-state index is 11.2. The van der Waals surface area contributed by atoms with Gasteiger partial charge in [-0.1, -0.05) is 13.8 Å². The van der Waals surface area contributed by atoms with E-state index >= 15 is 0 Å². The van der Waals surface area contributed by atoms with Gasteiger partial charge in [0.15, 0.2) is 0 Å². The third kappa shape index (κ3) is 5.61. The first kappa shape index (κ1) is 17.9. The smallest absolute Gasteiger partial charge is 0.135 e. The van der Waals surface area contributed by atoms with E-state index in [0.29, 0.717) is 5.75 Å². The van der Waals surface area contributed by atoms with Crippen LogP contribution < -0.4 is 10.6 Å². The fraction of sp³-hybridized carbons (Fsp3) is 0.733. The van der Waals surface area contributed by atoms with Crippen LogP contribution in [0.15, 0.2) is 0 Å². The number of hydrogen-bond donors (Lipinski definition) is 2. The van der Waals surface area contributed by atoms with Crippen LogP contribution in [0.2, 0.25) is 0 Å². The first-order valence-corrected chi connectivity index (χ1v) is 9.26. The lowest BCUT2D eigenvalue weighted by Crippen LogP contribution is -2.21. The van der Waals surface area contributed by atoms with Crippen molar-refractivity contribution in [3.63, 3.8) is 0 Å². The van der Waals surface area contributed by atoms with E-state index in [4.69, 9.17) is 0 Å². The molecule has 0 radical (unpaired) electrons. The van der Waals surface area contributed by atoms with Crippen molar-refractivity contribution < 1.29 is 4.21 Å². The molecule has 6 heteroatoms. The Morgan fingerprint density at radius 1 is 1.19 bits per heavy atom. The molecule has 0 fully saturated rings. The van der Waals surface area contributed by atoms with Crippen LogP contribution in [-0.2, 0) is 10.8 Å². The predicted molar refractivity (Wildman–Crippen MR) is 91.7 cm³/mol. The Morgan fingerprint density at radius 3 is 2.33 bits per heavy atom. The summed E-state index contributed by atoms with van der Waals surface area (Å²) in [6.45, 7) is 11.2. The highest BCUT2D eigenvalue weighted by atomic mass is 32.2. The van der Waals surface area contributed by atoms with E-state index in [2.05, 4.69) is 48.3 Å². The Kier molecular flexibility index (Phi) is 7.08. The molecule has 1 rings (SSSR count). The van der Waals surface area contributed by atoms with Gasteiger partial charge in [-0.15, -0.1) is 0 Å². The van der Waals surface area contributed by atoms with E-state index in [-0.39, 0.29) is 12.0 Å². The van der Waals surface area contributed by atoms with Gasteiger partial charge in [0.25, 0.3) is 0 Å². The van der Waals surface area contributed by atoms with E-state index in [9.17, 15) is 4.21 Å². The fourth-order valence-corrected chi connectivity index (χ4v) is 2.61. The van der Waals surface area contributed by atoms with E-state index < -0.39 is 10.8 Å². The number of nitrogens with one attached hydrogen (secondary N) is 2. The van der Waals surface area contributed by atoms with Gasteiger partial charge < -0.3 is 10.6 Å². The summed E-state index contributed by atoms with van der Waals surface area (Å²) in [6.07, 6.45) is 2.60. The third-order valence-corrected chi connectivity index (χ3v) is 4.06. The van der Waals surface area contributed by atoms with Gasteiger partial charge in [0, 0.05) is 46.9 Å². The average molecular weight is 312 g/mol. The first-order valence-electron chi connectivity index (χ1n) is 7.54. The summed E-state index contributed by atoms with van der Waals surface area (Å²) in [6, 6.07) is 0.233. The van der Waals surface area contributed by atoms with E-state index in [0.717, 1.165) is 36.0 Å². The van der Waals surface area contributed by atoms with Crippen LogP contribution in [0.25, 0.3) is 0 Å². The van der Waals surface area contributed by atoms with Crippen molar-refractivity contribution in [2.75, 3.05) is 29.2 Å². The Labute approximate surface area is 130 Å². The molecule has 2 atom stereocenters.